The third kappa shape index (κ3) is 13.8. The van der Waals surface area contributed by atoms with Crippen LogP contribution in [0.4, 0.5) is 37.7 Å². The minimum atomic E-state index is -4.90. The van der Waals surface area contributed by atoms with E-state index in [0.29, 0.717) is 18.7 Å². The number of carboxylic acid groups (broad SMARTS) is 4. The monoisotopic (exact) mass is 881 g/mol. The highest BCUT2D eigenvalue weighted by Gasteiger charge is 2.36. The van der Waals surface area contributed by atoms with Crippen molar-refractivity contribution in [2.75, 3.05) is 5.73 Å². The average Bonchev–Trinajstić information content (AvgIpc) is 3.53. The smallest absolute Gasteiger partial charge is 0.544 e. The van der Waals surface area contributed by atoms with Crippen LogP contribution in [-0.2, 0) is 20.9 Å². The van der Waals surface area contributed by atoms with Crippen molar-refractivity contribution in [3.8, 4) is 5.75 Å². The number of fused-ring (bicyclic) bond motifs is 2. The summed E-state index contributed by atoms with van der Waals surface area (Å²) in [5.41, 5.74) is 8.05. The highest BCUT2D eigenvalue weighted by molar-refractivity contribution is 6.25. The summed E-state index contributed by atoms with van der Waals surface area (Å²) in [6.45, 7) is 9.84. The molecule has 1 aromatic heterocycles. The summed E-state index contributed by atoms with van der Waals surface area (Å²) in [4.78, 5) is 53.9. The van der Waals surface area contributed by atoms with Crippen LogP contribution < -0.4 is 15.6 Å². The first kappa shape index (κ1) is 49.4. The lowest BCUT2D eigenvalue weighted by molar-refractivity contribution is -0.360. The Bertz CT molecular complexity index is 2680. The third-order valence-corrected chi connectivity index (χ3v) is 8.52. The molecule has 13 nitrogen and oxygen atoms in total. The van der Waals surface area contributed by atoms with E-state index >= 15 is 0 Å². The number of nitrogens with zero attached hydrogens (tertiary/aromatic N) is 2. The summed E-state index contributed by atoms with van der Waals surface area (Å²) < 4.78 is 82.0. The predicted octanol–water partition coefficient (Wildman–Crippen LogP) is 7.53. The third-order valence-electron chi connectivity index (χ3n) is 8.52. The van der Waals surface area contributed by atoms with E-state index in [1.807, 2.05) is 67.9 Å². The Morgan fingerprint density at radius 1 is 0.921 bits per heavy atom. The van der Waals surface area contributed by atoms with Gasteiger partial charge in [-0.3, -0.25) is 9.59 Å². The minimum Gasteiger partial charge on any atom is -0.544 e. The van der Waals surface area contributed by atoms with Crippen molar-refractivity contribution in [1.29, 1.82) is 0 Å². The molecule has 1 aliphatic heterocycles. The SMILES string of the molecule is C=CC=[N+]1C=C(C(=O)[O-])C(=O)c2cc(F)c(F)c(F)c21.Cc1ccc(C)c(C=CC(=O)O)c1.Cc1cn(CCC(=O)O)c2ccccc12.Nc1ccc(C(=O)O)cc1OC(F)(F)F. The fourth-order valence-electron chi connectivity index (χ4n) is 5.61. The number of nitrogens with two attached hydrogens (primary N) is 1. The number of aryl methyl sites for hydroxylation is 4. The first-order chi connectivity index (χ1) is 29.4. The number of nitrogen functional groups attached to an aromatic ring is 1. The normalized spacial score (nSPS) is 12.4. The topological polar surface area (TPSA) is 212 Å². The van der Waals surface area contributed by atoms with Crippen molar-refractivity contribution in [2.45, 2.75) is 40.1 Å². The van der Waals surface area contributed by atoms with Gasteiger partial charge in [0.15, 0.2) is 24.0 Å². The molecule has 1 aliphatic rings. The quantitative estimate of drug-likeness (QED) is 0.0284. The summed E-state index contributed by atoms with van der Waals surface area (Å²) in [6, 6.07) is 17.3. The first-order valence-electron chi connectivity index (χ1n) is 18.0. The number of carbonyl (C=O) groups is 5. The Kier molecular flexibility index (Phi) is 16.9. The van der Waals surface area contributed by atoms with Crippen molar-refractivity contribution >= 4 is 64.2 Å². The molecule has 19 heteroatoms. The molecule has 63 heavy (non-hydrogen) atoms. The molecule has 4 aromatic carbocycles. The number of para-hydroxylation sites is 1. The number of alkyl halides is 3. The fraction of sp³-hybridized carbons (Fsp3) is 0.136. The van der Waals surface area contributed by atoms with E-state index < -0.39 is 76.0 Å². The van der Waals surface area contributed by atoms with Gasteiger partial charge in [-0.25, -0.2) is 18.4 Å². The Morgan fingerprint density at radius 2 is 1.59 bits per heavy atom. The second-order valence-electron chi connectivity index (χ2n) is 13.1. The Morgan fingerprint density at radius 3 is 2.17 bits per heavy atom. The zero-order valence-corrected chi connectivity index (χ0v) is 33.4. The molecule has 5 aromatic rings. The number of benzene rings is 4. The molecule has 0 fully saturated rings. The number of anilines is 1. The summed E-state index contributed by atoms with van der Waals surface area (Å²) in [5, 5.41) is 37.6. The van der Waals surface area contributed by atoms with Crippen molar-refractivity contribution in [3.05, 3.63) is 154 Å². The predicted molar refractivity (Wildman–Crippen MR) is 216 cm³/mol. The van der Waals surface area contributed by atoms with E-state index in [0.717, 1.165) is 63.5 Å². The highest BCUT2D eigenvalue weighted by Crippen LogP contribution is 2.33. The summed E-state index contributed by atoms with van der Waals surface area (Å²) in [5.74, 6) is -11.7. The van der Waals surface area contributed by atoms with Crippen LogP contribution in [0.1, 0.15) is 49.4 Å². The number of allylic oxidation sites excluding steroid dienone is 1. The second-order valence-corrected chi connectivity index (χ2v) is 13.1. The molecule has 0 amide bonds. The number of ether oxygens (including phenoxy) is 1. The number of hydrogen-bond donors (Lipinski definition) is 4. The number of ketones is 1. The zero-order chi connectivity index (χ0) is 47.3. The molecule has 330 valence electrons. The highest BCUT2D eigenvalue weighted by atomic mass is 19.4. The van der Waals surface area contributed by atoms with Crippen LogP contribution >= 0.6 is 0 Å². The fourth-order valence-corrected chi connectivity index (χ4v) is 5.61. The van der Waals surface area contributed by atoms with Crippen LogP contribution in [0.5, 0.6) is 5.75 Å². The maximum absolute atomic E-state index is 13.8. The van der Waals surface area contributed by atoms with Crippen molar-refractivity contribution in [1.82, 2.24) is 4.57 Å². The van der Waals surface area contributed by atoms with Gasteiger partial charge in [-0.1, -0.05) is 48.5 Å². The van der Waals surface area contributed by atoms with Crippen LogP contribution in [0.25, 0.3) is 17.0 Å². The lowest BCUT2D eigenvalue weighted by Crippen LogP contribution is -2.32. The Balaban J connectivity index is 0.000000227. The van der Waals surface area contributed by atoms with Gasteiger partial charge in [0.2, 0.25) is 17.4 Å². The molecular formula is C44H37F6N3O10. The average molecular weight is 882 g/mol. The number of halogens is 6. The van der Waals surface area contributed by atoms with E-state index in [1.54, 1.807) is 6.08 Å². The number of hydrogen-bond acceptors (Lipinski definition) is 8. The minimum absolute atomic E-state index is 0.165. The lowest BCUT2D eigenvalue weighted by atomic mass is 9.98. The van der Waals surface area contributed by atoms with E-state index in [9.17, 15) is 55.4 Å². The van der Waals surface area contributed by atoms with Gasteiger partial charge in [0, 0.05) is 29.7 Å². The van der Waals surface area contributed by atoms with Gasteiger partial charge in [-0.15, -0.1) is 13.2 Å². The molecular weight excluding hydrogens is 844 g/mol. The number of aromatic carboxylic acids is 1. The van der Waals surface area contributed by atoms with Crippen molar-refractivity contribution in [3.63, 3.8) is 0 Å². The number of Topliss-reactive ketones (excluding diaryl/α,β-unsaturated/α-hetero) is 1. The van der Waals surface area contributed by atoms with E-state index in [4.69, 9.17) is 21.1 Å². The van der Waals surface area contributed by atoms with Gasteiger partial charge >= 0.3 is 24.3 Å². The van der Waals surface area contributed by atoms with Gasteiger partial charge in [-0.05, 0) is 79.9 Å². The maximum Gasteiger partial charge on any atom is 0.573 e. The molecule has 2 heterocycles. The largest absolute Gasteiger partial charge is 0.573 e. The maximum atomic E-state index is 13.8. The number of aliphatic carboxylic acids is 3. The number of rotatable bonds is 9. The Hall–Kier alpha value is -7.96. The van der Waals surface area contributed by atoms with Crippen LogP contribution in [-0.4, -0.2) is 66.7 Å². The van der Waals surface area contributed by atoms with Gasteiger partial charge < -0.3 is 40.3 Å². The molecule has 0 unspecified atom stereocenters. The van der Waals surface area contributed by atoms with Gasteiger partial charge in [0.05, 0.1) is 23.6 Å². The van der Waals surface area contributed by atoms with E-state index in [-0.39, 0.29) is 17.7 Å². The van der Waals surface area contributed by atoms with Crippen LogP contribution in [0, 0.1) is 38.2 Å². The standard InChI is InChI=1S/C13H6F3NO3.C12H13NO2.C11H12O2.C8H6F3NO3/c1-2-3-17-5-7(13(19)20)12(18)6-4-8(14)9(15)10(16)11(6)17;1-9-8-13(7-6-12(14)15)11-5-3-2-4-10(9)11;1-8-3-4-9(2)10(7-8)5-6-11(12)13;9-8(10,11)15-6-3-4(7(13)14)1-2-5(6)12/h2-5H,1H2;2-5,8H,6-7H2,1H3,(H,14,15);3-7H,1-2H3,(H,12,13);1-3H,12H2,(H,13,14). The van der Waals surface area contributed by atoms with Crippen molar-refractivity contribution < 1.29 is 80.1 Å². The summed E-state index contributed by atoms with van der Waals surface area (Å²) in [6.07, 6.45) is 3.05. The summed E-state index contributed by atoms with van der Waals surface area (Å²) in [7, 11) is 0. The van der Waals surface area contributed by atoms with E-state index in [2.05, 4.69) is 17.4 Å². The number of aromatic nitrogens is 1. The molecule has 6 rings (SSSR count). The van der Waals surface area contributed by atoms with Crippen molar-refractivity contribution in [2.24, 2.45) is 0 Å². The molecule has 0 bridgehead atoms. The van der Waals surface area contributed by atoms with Gasteiger partial charge in [0.1, 0.15) is 11.1 Å². The molecule has 0 aliphatic carbocycles. The van der Waals surface area contributed by atoms with Crippen LogP contribution in [0.15, 0.2) is 103 Å². The number of carbonyl (C=O) groups excluding carboxylic acids is 2. The molecule has 0 saturated carbocycles. The molecule has 0 atom stereocenters. The Labute approximate surface area is 354 Å². The lowest BCUT2D eigenvalue weighted by Gasteiger charge is -2.14. The molecule has 0 saturated heterocycles. The van der Waals surface area contributed by atoms with Crippen LogP contribution in [0.2, 0.25) is 0 Å². The molecule has 5 N–H and O–H groups in total. The second kappa shape index (κ2) is 21.5. The van der Waals surface area contributed by atoms with Gasteiger partial charge in [-0.2, -0.15) is 8.97 Å². The zero-order valence-electron chi connectivity index (χ0n) is 33.4. The van der Waals surface area contributed by atoms with E-state index in [1.165, 1.54) is 10.9 Å². The van der Waals surface area contributed by atoms with Gasteiger partial charge in [0.25, 0.3) is 5.69 Å². The number of carboxylic acids is 4. The summed E-state index contributed by atoms with van der Waals surface area (Å²) >= 11 is 0. The molecule has 0 spiro atoms. The first-order valence-corrected chi connectivity index (χ1v) is 18.0. The van der Waals surface area contributed by atoms with Crippen LogP contribution in [0.3, 0.4) is 0 Å². The molecule has 0 radical (unpaired) electrons.